The van der Waals surface area contributed by atoms with Crippen LogP contribution in [0.3, 0.4) is 0 Å². The lowest BCUT2D eigenvalue weighted by atomic mass is 10.0. The van der Waals surface area contributed by atoms with Crippen molar-refractivity contribution >= 4 is 34.6 Å². The van der Waals surface area contributed by atoms with E-state index in [1.54, 1.807) is 42.5 Å². The first-order chi connectivity index (χ1) is 19.1. The molecule has 1 heterocycles. The first kappa shape index (κ1) is 25.1. The molecule has 1 aromatic heterocycles. The normalized spacial score (nSPS) is 11.7. The molecule has 0 bridgehead atoms. The average Bonchev–Trinajstić information content (AvgIpc) is 2.97. The summed E-state index contributed by atoms with van der Waals surface area (Å²) in [7, 11) is 0. The number of aromatic nitrogens is 2. The zero-order valence-electron chi connectivity index (χ0n) is 20.5. The zero-order valence-corrected chi connectivity index (χ0v) is 20.5. The van der Waals surface area contributed by atoms with Crippen LogP contribution in [0.15, 0.2) is 126 Å². The van der Waals surface area contributed by atoms with E-state index >= 15 is 0 Å². The minimum Gasteiger partial charge on any atom is -0.410 e. The summed E-state index contributed by atoms with van der Waals surface area (Å²) in [5.41, 5.74) is 4.75. The van der Waals surface area contributed by atoms with Gasteiger partial charge in [0.05, 0.1) is 6.20 Å². The van der Waals surface area contributed by atoms with E-state index in [1.165, 1.54) is 0 Å². The highest BCUT2D eigenvalue weighted by Gasteiger charge is 2.13. The standard InChI is InChI=1S/C30H23FN6O2/c31-26-19-32-30(34-25-16-8-14-23(18-25)28(37-39)21-11-5-2-6-12-21)35-29(26)33-24-15-7-13-22(17-24)27(36-38)20-9-3-1-4-10-20/h1-19,38-39H,(H2,32,33,34,35). The van der Waals surface area contributed by atoms with Gasteiger partial charge < -0.3 is 21.0 Å². The summed E-state index contributed by atoms with van der Waals surface area (Å²) in [4.78, 5) is 8.36. The molecular formula is C30H23FN6O2. The summed E-state index contributed by atoms with van der Waals surface area (Å²) < 4.78 is 14.7. The molecule has 0 aliphatic heterocycles. The van der Waals surface area contributed by atoms with Crippen LogP contribution in [0.1, 0.15) is 22.3 Å². The van der Waals surface area contributed by atoms with Crippen molar-refractivity contribution in [2.24, 2.45) is 10.3 Å². The van der Waals surface area contributed by atoms with Gasteiger partial charge in [0.25, 0.3) is 0 Å². The third-order valence-electron chi connectivity index (χ3n) is 5.83. The highest BCUT2D eigenvalue weighted by atomic mass is 19.1. The van der Waals surface area contributed by atoms with E-state index in [4.69, 9.17) is 0 Å². The van der Waals surface area contributed by atoms with Gasteiger partial charge in [0.15, 0.2) is 11.6 Å². The lowest BCUT2D eigenvalue weighted by molar-refractivity contribution is 0.319. The third-order valence-corrected chi connectivity index (χ3v) is 5.83. The summed E-state index contributed by atoms with van der Waals surface area (Å²) in [6, 6.07) is 32.8. The minimum atomic E-state index is -0.641. The molecule has 4 aromatic carbocycles. The molecule has 0 radical (unpaired) electrons. The van der Waals surface area contributed by atoms with Crippen molar-refractivity contribution in [1.82, 2.24) is 9.97 Å². The molecule has 0 aliphatic carbocycles. The van der Waals surface area contributed by atoms with E-state index < -0.39 is 5.82 Å². The van der Waals surface area contributed by atoms with Crippen molar-refractivity contribution < 1.29 is 14.8 Å². The summed E-state index contributed by atoms with van der Waals surface area (Å²) in [6.07, 6.45) is 1.07. The predicted molar refractivity (Wildman–Crippen MR) is 149 cm³/mol. The van der Waals surface area contributed by atoms with Gasteiger partial charge in [0, 0.05) is 33.6 Å². The first-order valence-electron chi connectivity index (χ1n) is 12.0. The fourth-order valence-corrected chi connectivity index (χ4v) is 4.03. The number of hydrogen-bond donors (Lipinski definition) is 4. The molecule has 39 heavy (non-hydrogen) atoms. The average molecular weight is 519 g/mol. The molecule has 5 rings (SSSR count). The minimum absolute atomic E-state index is 0.0371. The van der Waals surface area contributed by atoms with E-state index in [0.29, 0.717) is 33.9 Å². The summed E-state index contributed by atoms with van der Waals surface area (Å²) >= 11 is 0. The van der Waals surface area contributed by atoms with E-state index in [2.05, 4.69) is 30.9 Å². The molecule has 0 saturated carbocycles. The second kappa shape index (κ2) is 11.7. The molecule has 0 amide bonds. The summed E-state index contributed by atoms with van der Waals surface area (Å²) in [6.45, 7) is 0. The molecule has 5 aromatic rings. The lowest BCUT2D eigenvalue weighted by Gasteiger charge is -2.12. The molecular weight excluding hydrogens is 495 g/mol. The van der Waals surface area contributed by atoms with Crippen LogP contribution in [0.25, 0.3) is 0 Å². The number of nitrogens with one attached hydrogen (secondary N) is 2. The second-order valence-electron chi connectivity index (χ2n) is 8.43. The van der Waals surface area contributed by atoms with E-state index in [9.17, 15) is 14.8 Å². The Morgan fingerprint density at radius 1 is 0.615 bits per heavy atom. The van der Waals surface area contributed by atoms with Crippen LogP contribution in [0, 0.1) is 5.82 Å². The zero-order chi connectivity index (χ0) is 27.0. The molecule has 0 aliphatic rings. The Labute approximate surface area is 223 Å². The van der Waals surface area contributed by atoms with E-state index in [-0.39, 0.29) is 11.8 Å². The maximum Gasteiger partial charge on any atom is 0.229 e. The Hall–Kier alpha value is -5.57. The van der Waals surface area contributed by atoms with Crippen molar-refractivity contribution in [3.05, 3.63) is 143 Å². The Bertz CT molecular complexity index is 1640. The SMILES string of the molecule is ON=C(c1ccccc1)c1cccc(Nc2ncc(F)c(Nc3cccc(C(=NO)c4ccccc4)c3)n2)c1. The summed E-state index contributed by atoms with van der Waals surface area (Å²) in [5, 5.41) is 32.2. The number of hydrogen-bond acceptors (Lipinski definition) is 8. The van der Waals surface area contributed by atoms with Crippen molar-refractivity contribution in [1.29, 1.82) is 0 Å². The van der Waals surface area contributed by atoms with Crippen LogP contribution in [0.2, 0.25) is 0 Å². The van der Waals surface area contributed by atoms with Gasteiger partial charge >= 0.3 is 0 Å². The first-order valence-corrected chi connectivity index (χ1v) is 12.0. The maximum absolute atomic E-state index is 14.7. The number of oxime groups is 2. The number of benzene rings is 4. The van der Waals surface area contributed by atoms with Crippen molar-refractivity contribution in [3.63, 3.8) is 0 Å². The molecule has 0 spiro atoms. The van der Waals surface area contributed by atoms with E-state index in [1.807, 2.05) is 66.7 Å². The molecule has 0 atom stereocenters. The molecule has 0 fully saturated rings. The highest BCUT2D eigenvalue weighted by Crippen LogP contribution is 2.23. The Kier molecular flexibility index (Phi) is 7.50. The van der Waals surface area contributed by atoms with Crippen LogP contribution in [0.4, 0.5) is 27.5 Å². The molecule has 0 saturated heterocycles. The Morgan fingerprint density at radius 3 is 1.62 bits per heavy atom. The Morgan fingerprint density at radius 2 is 1.10 bits per heavy atom. The smallest absolute Gasteiger partial charge is 0.229 e. The molecule has 0 unspecified atom stereocenters. The monoisotopic (exact) mass is 518 g/mol. The number of halogens is 1. The fraction of sp³-hybridized carbons (Fsp3) is 0. The third kappa shape index (κ3) is 5.89. The van der Waals surface area contributed by atoms with Crippen LogP contribution in [0.5, 0.6) is 0 Å². The topological polar surface area (TPSA) is 115 Å². The Balaban J connectivity index is 1.37. The van der Waals surface area contributed by atoms with Crippen LogP contribution >= 0.6 is 0 Å². The largest absolute Gasteiger partial charge is 0.410 e. The number of anilines is 4. The van der Waals surface area contributed by atoms with Crippen LogP contribution < -0.4 is 10.6 Å². The quantitative estimate of drug-likeness (QED) is 0.105. The van der Waals surface area contributed by atoms with Crippen LogP contribution in [-0.2, 0) is 0 Å². The molecule has 9 heteroatoms. The van der Waals surface area contributed by atoms with Gasteiger partial charge in [-0.3, -0.25) is 0 Å². The summed E-state index contributed by atoms with van der Waals surface area (Å²) in [5.74, 6) is -0.515. The van der Waals surface area contributed by atoms with Gasteiger partial charge in [0.2, 0.25) is 5.95 Å². The number of rotatable bonds is 8. The molecule has 4 N–H and O–H groups in total. The van der Waals surface area contributed by atoms with Crippen molar-refractivity contribution in [2.75, 3.05) is 10.6 Å². The second-order valence-corrected chi connectivity index (χ2v) is 8.43. The fourth-order valence-electron chi connectivity index (χ4n) is 4.03. The maximum atomic E-state index is 14.7. The molecule has 8 nitrogen and oxygen atoms in total. The highest BCUT2D eigenvalue weighted by molar-refractivity contribution is 6.13. The number of nitrogens with zero attached hydrogens (tertiary/aromatic N) is 4. The van der Waals surface area contributed by atoms with Gasteiger partial charge in [-0.05, 0) is 24.3 Å². The van der Waals surface area contributed by atoms with Gasteiger partial charge in [0.1, 0.15) is 11.4 Å². The van der Waals surface area contributed by atoms with E-state index in [0.717, 1.165) is 17.3 Å². The molecule has 192 valence electrons. The van der Waals surface area contributed by atoms with Gasteiger partial charge in [-0.15, -0.1) is 0 Å². The van der Waals surface area contributed by atoms with Gasteiger partial charge in [-0.1, -0.05) is 95.2 Å². The van der Waals surface area contributed by atoms with Gasteiger partial charge in [-0.25, -0.2) is 9.37 Å². The van der Waals surface area contributed by atoms with Crippen molar-refractivity contribution in [3.8, 4) is 0 Å². The van der Waals surface area contributed by atoms with Gasteiger partial charge in [-0.2, -0.15) is 4.98 Å². The van der Waals surface area contributed by atoms with Crippen LogP contribution in [-0.4, -0.2) is 31.8 Å². The lowest BCUT2D eigenvalue weighted by Crippen LogP contribution is -2.06. The van der Waals surface area contributed by atoms with Crippen molar-refractivity contribution in [2.45, 2.75) is 0 Å². The predicted octanol–water partition coefficient (Wildman–Crippen LogP) is 6.56.